The van der Waals surface area contributed by atoms with Gasteiger partial charge in [0.1, 0.15) is 0 Å². The van der Waals surface area contributed by atoms with E-state index in [0.29, 0.717) is 18.7 Å². The first-order valence-electron chi connectivity index (χ1n) is 10.9. The van der Waals surface area contributed by atoms with Gasteiger partial charge in [0.2, 0.25) is 12.7 Å². The first-order chi connectivity index (χ1) is 15.1. The minimum atomic E-state index is 0.126. The number of carbonyl (C=O) groups excluding carboxylic acids is 1. The smallest absolute Gasteiger partial charge is 0.231 e. The zero-order chi connectivity index (χ0) is 21.6. The Balaban J connectivity index is 1.50. The zero-order valence-electron chi connectivity index (χ0n) is 18.2. The Kier molecular flexibility index (Phi) is 6.56. The summed E-state index contributed by atoms with van der Waals surface area (Å²) >= 11 is 0. The average Bonchev–Trinajstić information content (AvgIpc) is 3.25. The fourth-order valence-electron chi connectivity index (χ4n) is 3.96. The normalized spacial score (nSPS) is 13.1. The number of hydrogen-bond acceptors (Lipinski definition) is 3. The highest BCUT2D eigenvalue weighted by atomic mass is 16.7. The number of hydrogen-bond donors (Lipinski definition) is 0. The lowest BCUT2D eigenvalue weighted by Gasteiger charge is -2.30. The molecule has 4 rings (SSSR count). The van der Waals surface area contributed by atoms with Crippen LogP contribution in [0.15, 0.2) is 72.8 Å². The highest BCUT2D eigenvalue weighted by molar-refractivity contribution is 5.79. The predicted octanol–water partition coefficient (Wildman–Crippen LogP) is 5.32. The molecule has 0 N–H and O–H groups in total. The van der Waals surface area contributed by atoms with Crippen molar-refractivity contribution in [2.75, 3.05) is 6.79 Å². The molecular weight excluding hydrogens is 386 g/mol. The largest absolute Gasteiger partial charge is 0.454 e. The summed E-state index contributed by atoms with van der Waals surface area (Å²) in [6.45, 7) is 5.11. The number of rotatable bonds is 8. The predicted molar refractivity (Wildman–Crippen MR) is 122 cm³/mol. The van der Waals surface area contributed by atoms with Crippen molar-refractivity contribution in [2.24, 2.45) is 0 Å². The Morgan fingerprint density at radius 2 is 1.68 bits per heavy atom. The first-order valence-corrected chi connectivity index (χ1v) is 10.9. The molecule has 0 saturated heterocycles. The first kappa shape index (κ1) is 21.0. The number of aryl methyl sites for hydroxylation is 2. The third-order valence-electron chi connectivity index (χ3n) is 5.94. The van der Waals surface area contributed by atoms with Gasteiger partial charge in [-0.3, -0.25) is 4.79 Å². The number of nitrogens with zero attached hydrogens (tertiary/aromatic N) is 1. The summed E-state index contributed by atoms with van der Waals surface area (Å²) in [5.41, 5.74) is 4.64. The van der Waals surface area contributed by atoms with E-state index in [2.05, 4.69) is 50.2 Å². The van der Waals surface area contributed by atoms with Gasteiger partial charge in [-0.15, -0.1) is 0 Å². The van der Waals surface area contributed by atoms with Crippen molar-refractivity contribution in [1.29, 1.82) is 0 Å². The number of fused-ring (bicyclic) bond motifs is 1. The molecule has 1 aliphatic heterocycles. The van der Waals surface area contributed by atoms with Gasteiger partial charge >= 0.3 is 0 Å². The molecule has 3 aromatic carbocycles. The summed E-state index contributed by atoms with van der Waals surface area (Å²) in [6, 6.07) is 24.6. The van der Waals surface area contributed by atoms with Crippen molar-refractivity contribution < 1.29 is 14.3 Å². The molecule has 3 aromatic rings. The molecule has 0 spiro atoms. The van der Waals surface area contributed by atoms with Crippen LogP contribution in [0, 0.1) is 6.92 Å². The summed E-state index contributed by atoms with van der Waals surface area (Å²) in [4.78, 5) is 15.5. The van der Waals surface area contributed by atoms with Crippen LogP contribution in [0.3, 0.4) is 0 Å². The summed E-state index contributed by atoms with van der Waals surface area (Å²) in [5.74, 6) is 1.58. The van der Waals surface area contributed by atoms with Gasteiger partial charge in [-0.05, 0) is 61.1 Å². The van der Waals surface area contributed by atoms with Gasteiger partial charge < -0.3 is 14.4 Å². The third kappa shape index (κ3) is 5.26. The minimum absolute atomic E-state index is 0.126. The second-order valence-corrected chi connectivity index (χ2v) is 8.19. The number of benzene rings is 3. The van der Waals surface area contributed by atoms with Gasteiger partial charge in [0.15, 0.2) is 11.5 Å². The van der Waals surface area contributed by atoms with E-state index in [-0.39, 0.29) is 18.7 Å². The molecule has 160 valence electrons. The molecule has 0 aliphatic carbocycles. The van der Waals surface area contributed by atoms with Gasteiger partial charge in [0.05, 0.1) is 6.42 Å². The number of amides is 1. The Hall–Kier alpha value is -3.27. The van der Waals surface area contributed by atoms with E-state index in [1.54, 1.807) is 0 Å². The molecule has 0 fully saturated rings. The van der Waals surface area contributed by atoms with Crippen molar-refractivity contribution in [3.05, 3.63) is 95.1 Å². The Labute approximate surface area is 184 Å². The molecule has 1 aliphatic rings. The van der Waals surface area contributed by atoms with Crippen LogP contribution < -0.4 is 9.47 Å². The zero-order valence-corrected chi connectivity index (χ0v) is 18.2. The van der Waals surface area contributed by atoms with E-state index in [4.69, 9.17) is 9.47 Å². The second kappa shape index (κ2) is 9.69. The van der Waals surface area contributed by atoms with Crippen molar-refractivity contribution in [2.45, 2.75) is 45.7 Å². The van der Waals surface area contributed by atoms with Crippen LogP contribution in [0.25, 0.3) is 0 Å². The summed E-state index contributed by atoms with van der Waals surface area (Å²) < 4.78 is 10.9. The lowest BCUT2D eigenvalue weighted by Crippen LogP contribution is -2.39. The van der Waals surface area contributed by atoms with Gasteiger partial charge in [-0.25, -0.2) is 0 Å². The van der Waals surface area contributed by atoms with E-state index in [1.165, 1.54) is 16.7 Å². The molecule has 0 unspecified atom stereocenters. The maximum Gasteiger partial charge on any atom is 0.231 e. The summed E-state index contributed by atoms with van der Waals surface area (Å²) in [6.07, 6.45) is 2.21. The fourth-order valence-corrected chi connectivity index (χ4v) is 3.96. The van der Waals surface area contributed by atoms with Crippen LogP contribution in [0.1, 0.15) is 35.6 Å². The molecule has 1 amide bonds. The SMILES string of the molecule is Cc1ccccc1CN(C(=O)Cc1ccc2c(c1)OCO2)[C@@H](C)CCc1ccccc1. The third-order valence-corrected chi connectivity index (χ3v) is 5.94. The van der Waals surface area contributed by atoms with Crippen molar-refractivity contribution >= 4 is 5.91 Å². The quantitative estimate of drug-likeness (QED) is 0.500. The average molecular weight is 416 g/mol. The van der Waals surface area contributed by atoms with Crippen molar-refractivity contribution in [1.82, 2.24) is 4.90 Å². The Morgan fingerprint density at radius 1 is 0.935 bits per heavy atom. The van der Waals surface area contributed by atoms with Crippen LogP contribution >= 0.6 is 0 Å². The fraction of sp³-hybridized carbons (Fsp3) is 0.296. The molecule has 0 bridgehead atoms. The van der Waals surface area contributed by atoms with Gasteiger partial charge in [0, 0.05) is 12.6 Å². The van der Waals surface area contributed by atoms with Crippen LogP contribution in [-0.4, -0.2) is 23.6 Å². The van der Waals surface area contributed by atoms with Crippen LogP contribution in [-0.2, 0) is 24.2 Å². The maximum atomic E-state index is 13.4. The molecule has 1 atom stereocenters. The topological polar surface area (TPSA) is 38.8 Å². The maximum absolute atomic E-state index is 13.4. The standard InChI is InChI=1S/C27H29NO3/c1-20-8-6-7-11-24(20)18-28(21(2)12-13-22-9-4-3-5-10-22)27(29)17-23-14-15-25-26(16-23)31-19-30-25/h3-11,14-16,21H,12-13,17-19H2,1-2H3/t21-/m0/s1. The van der Waals surface area contributed by atoms with Crippen molar-refractivity contribution in [3.63, 3.8) is 0 Å². The molecule has 1 heterocycles. The van der Waals surface area contributed by atoms with E-state index in [0.717, 1.165) is 24.2 Å². The Bertz CT molecular complexity index is 1030. The Morgan fingerprint density at radius 3 is 2.48 bits per heavy atom. The molecular formula is C27H29NO3. The number of ether oxygens (including phenoxy) is 2. The monoisotopic (exact) mass is 415 g/mol. The van der Waals surface area contributed by atoms with E-state index in [1.807, 2.05) is 41.3 Å². The number of carbonyl (C=O) groups is 1. The summed E-state index contributed by atoms with van der Waals surface area (Å²) in [7, 11) is 0. The lowest BCUT2D eigenvalue weighted by atomic mass is 10.0. The molecule has 31 heavy (non-hydrogen) atoms. The molecule has 0 radical (unpaired) electrons. The molecule has 4 heteroatoms. The second-order valence-electron chi connectivity index (χ2n) is 8.19. The molecule has 0 aromatic heterocycles. The van der Waals surface area contributed by atoms with Gasteiger partial charge in [-0.2, -0.15) is 0 Å². The van der Waals surface area contributed by atoms with Crippen LogP contribution in [0.4, 0.5) is 0 Å². The van der Waals surface area contributed by atoms with Crippen molar-refractivity contribution in [3.8, 4) is 11.5 Å². The summed E-state index contributed by atoms with van der Waals surface area (Å²) in [5, 5.41) is 0. The van der Waals surface area contributed by atoms with Crippen LogP contribution in [0.5, 0.6) is 11.5 Å². The minimum Gasteiger partial charge on any atom is -0.454 e. The van der Waals surface area contributed by atoms with E-state index >= 15 is 0 Å². The lowest BCUT2D eigenvalue weighted by molar-refractivity contribution is -0.133. The molecule has 0 saturated carbocycles. The van der Waals surface area contributed by atoms with Gasteiger partial charge in [0.25, 0.3) is 0 Å². The highest BCUT2D eigenvalue weighted by Crippen LogP contribution is 2.32. The van der Waals surface area contributed by atoms with E-state index in [9.17, 15) is 4.79 Å². The molecule has 4 nitrogen and oxygen atoms in total. The van der Waals surface area contributed by atoms with E-state index < -0.39 is 0 Å². The highest BCUT2D eigenvalue weighted by Gasteiger charge is 2.22. The van der Waals surface area contributed by atoms with Crippen LogP contribution in [0.2, 0.25) is 0 Å². The van der Waals surface area contributed by atoms with Gasteiger partial charge in [-0.1, -0.05) is 60.7 Å².